The number of rotatable bonds is 0. The number of ether oxygens (including phenoxy) is 2. The van der Waals surface area contributed by atoms with Gasteiger partial charge in [-0.25, -0.2) is 0 Å². The van der Waals surface area contributed by atoms with Gasteiger partial charge in [0.2, 0.25) is 5.91 Å². The highest BCUT2D eigenvalue weighted by atomic mass is 127. The van der Waals surface area contributed by atoms with Crippen molar-refractivity contribution in [1.29, 1.82) is 0 Å². The lowest BCUT2D eigenvalue weighted by molar-refractivity contribution is -0.185. The van der Waals surface area contributed by atoms with Gasteiger partial charge in [0.15, 0.2) is 5.79 Å². The summed E-state index contributed by atoms with van der Waals surface area (Å²) in [4.78, 5) is 12.5. The minimum Gasteiger partial charge on any atom is -0.348 e. The Labute approximate surface area is 131 Å². The zero-order valence-corrected chi connectivity index (χ0v) is 13.2. The summed E-state index contributed by atoms with van der Waals surface area (Å²) in [5, 5.41) is 3.04. The van der Waals surface area contributed by atoms with Gasteiger partial charge in [-0.15, -0.1) is 0 Å². The molecule has 1 aliphatic carbocycles. The van der Waals surface area contributed by atoms with Crippen LogP contribution in [0.25, 0.3) is 0 Å². The van der Waals surface area contributed by atoms with Crippen LogP contribution in [0.3, 0.4) is 0 Å². The van der Waals surface area contributed by atoms with Crippen LogP contribution in [0.4, 0.5) is 5.69 Å². The van der Waals surface area contributed by atoms with E-state index in [1.807, 2.05) is 12.1 Å². The molecular weight excluding hydrogens is 369 g/mol. The Morgan fingerprint density at radius 3 is 2.50 bits per heavy atom. The van der Waals surface area contributed by atoms with Crippen LogP contribution >= 0.6 is 22.6 Å². The molecule has 1 aromatic rings. The highest BCUT2D eigenvalue weighted by molar-refractivity contribution is 14.1. The first-order valence-electron chi connectivity index (χ1n) is 7.03. The van der Waals surface area contributed by atoms with E-state index in [0.29, 0.717) is 13.2 Å². The van der Waals surface area contributed by atoms with Crippen LogP contribution in [0, 0.1) is 3.57 Å². The van der Waals surface area contributed by atoms with Crippen molar-refractivity contribution in [3.63, 3.8) is 0 Å². The molecule has 2 spiro atoms. The summed E-state index contributed by atoms with van der Waals surface area (Å²) in [6.45, 7) is 1.35. The van der Waals surface area contributed by atoms with Gasteiger partial charge in [0.05, 0.1) is 18.6 Å². The zero-order valence-electron chi connectivity index (χ0n) is 11.1. The van der Waals surface area contributed by atoms with E-state index in [2.05, 4.69) is 34.0 Å². The molecule has 1 amide bonds. The minimum absolute atomic E-state index is 0.141. The van der Waals surface area contributed by atoms with Crippen molar-refractivity contribution in [1.82, 2.24) is 0 Å². The molecule has 1 saturated heterocycles. The Morgan fingerprint density at radius 1 is 1.10 bits per heavy atom. The number of benzene rings is 1. The van der Waals surface area contributed by atoms with E-state index in [1.165, 1.54) is 3.57 Å². The molecule has 1 aromatic carbocycles. The number of anilines is 1. The van der Waals surface area contributed by atoms with E-state index in [4.69, 9.17) is 9.47 Å². The summed E-state index contributed by atoms with van der Waals surface area (Å²) in [5.41, 5.74) is 1.75. The predicted molar refractivity (Wildman–Crippen MR) is 82.6 cm³/mol. The number of hydrogen-bond acceptors (Lipinski definition) is 3. The minimum atomic E-state index is -0.420. The quantitative estimate of drug-likeness (QED) is 0.699. The van der Waals surface area contributed by atoms with E-state index < -0.39 is 5.79 Å². The Hall–Kier alpha value is -0.660. The summed E-state index contributed by atoms with van der Waals surface area (Å²) in [5.74, 6) is -0.279. The number of nitrogens with one attached hydrogen (secondary N) is 1. The van der Waals surface area contributed by atoms with E-state index in [-0.39, 0.29) is 11.3 Å². The molecule has 2 fully saturated rings. The summed E-state index contributed by atoms with van der Waals surface area (Å²) in [7, 11) is 0. The maximum Gasteiger partial charge on any atom is 0.235 e. The Kier molecular flexibility index (Phi) is 2.88. The average molecular weight is 385 g/mol. The lowest BCUT2D eigenvalue weighted by Crippen LogP contribution is -2.45. The Bertz CT molecular complexity index is 570. The number of amides is 1. The van der Waals surface area contributed by atoms with Crippen molar-refractivity contribution in [2.24, 2.45) is 0 Å². The fourth-order valence-corrected chi connectivity index (χ4v) is 4.22. The van der Waals surface area contributed by atoms with Crippen molar-refractivity contribution >= 4 is 34.2 Å². The molecule has 3 aliphatic rings. The molecule has 1 saturated carbocycles. The second kappa shape index (κ2) is 4.42. The summed E-state index contributed by atoms with van der Waals surface area (Å²) < 4.78 is 12.7. The van der Waals surface area contributed by atoms with Crippen LogP contribution < -0.4 is 5.32 Å². The van der Waals surface area contributed by atoms with Gasteiger partial charge in [0, 0.05) is 22.1 Å². The number of halogens is 1. The van der Waals surface area contributed by atoms with Gasteiger partial charge >= 0.3 is 0 Å². The number of carbonyl (C=O) groups is 1. The topological polar surface area (TPSA) is 47.6 Å². The van der Waals surface area contributed by atoms with E-state index in [0.717, 1.165) is 36.9 Å². The summed E-state index contributed by atoms with van der Waals surface area (Å²) >= 11 is 2.30. The highest BCUT2D eigenvalue weighted by Crippen LogP contribution is 2.51. The fourth-order valence-electron chi connectivity index (χ4n) is 3.73. The summed E-state index contributed by atoms with van der Waals surface area (Å²) in [6.07, 6.45) is 3.19. The third-order valence-corrected chi connectivity index (χ3v) is 5.53. The second-order valence-corrected chi connectivity index (χ2v) is 7.08. The zero-order chi connectivity index (χ0) is 13.8. The standard InChI is InChI=1S/C15H16INO3/c16-10-1-2-12-11(9-10)14(13(18)17-12)3-5-15(6-4-14)19-7-8-20-15/h1-2,9H,3-8H2,(H,17,18). The molecule has 0 aromatic heterocycles. The maximum atomic E-state index is 12.5. The third kappa shape index (κ3) is 1.76. The van der Waals surface area contributed by atoms with Gasteiger partial charge in [-0.05, 0) is 59.2 Å². The van der Waals surface area contributed by atoms with Crippen molar-refractivity contribution in [2.75, 3.05) is 18.5 Å². The van der Waals surface area contributed by atoms with Crippen LogP contribution in [-0.2, 0) is 19.7 Å². The highest BCUT2D eigenvalue weighted by Gasteiger charge is 2.53. The average Bonchev–Trinajstić information content (AvgIpc) is 2.99. The molecule has 2 aliphatic heterocycles. The first-order valence-corrected chi connectivity index (χ1v) is 8.11. The number of fused-ring (bicyclic) bond motifs is 2. The van der Waals surface area contributed by atoms with Crippen molar-refractivity contribution < 1.29 is 14.3 Å². The molecule has 0 bridgehead atoms. The molecule has 1 N–H and O–H groups in total. The molecule has 0 radical (unpaired) electrons. The molecule has 0 unspecified atom stereocenters. The van der Waals surface area contributed by atoms with Crippen LogP contribution in [0.5, 0.6) is 0 Å². The lowest BCUT2D eigenvalue weighted by Gasteiger charge is -2.40. The smallest absolute Gasteiger partial charge is 0.235 e. The molecule has 0 atom stereocenters. The lowest BCUT2D eigenvalue weighted by atomic mass is 9.68. The van der Waals surface area contributed by atoms with Crippen LogP contribution in [0.15, 0.2) is 18.2 Å². The molecule has 106 valence electrons. The first kappa shape index (κ1) is 13.0. The van der Waals surface area contributed by atoms with E-state index in [9.17, 15) is 4.79 Å². The van der Waals surface area contributed by atoms with Crippen LogP contribution in [0.1, 0.15) is 31.2 Å². The molecular formula is C15H16INO3. The molecule has 5 heteroatoms. The first-order chi connectivity index (χ1) is 9.64. The summed E-state index contributed by atoms with van der Waals surface area (Å²) in [6, 6.07) is 6.19. The monoisotopic (exact) mass is 385 g/mol. The maximum absolute atomic E-state index is 12.5. The van der Waals surface area contributed by atoms with Crippen LogP contribution in [0.2, 0.25) is 0 Å². The third-order valence-electron chi connectivity index (χ3n) is 4.86. The van der Waals surface area contributed by atoms with Gasteiger partial charge in [0.1, 0.15) is 0 Å². The molecule has 4 rings (SSSR count). The van der Waals surface area contributed by atoms with E-state index in [1.54, 1.807) is 0 Å². The second-order valence-electron chi connectivity index (χ2n) is 5.83. The van der Waals surface area contributed by atoms with Gasteiger partial charge in [0.25, 0.3) is 0 Å². The van der Waals surface area contributed by atoms with Crippen molar-refractivity contribution in [3.05, 3.63) is 27.3 Å². The molecule has 2 heterocycles. The van der Waals surface area contributed by atoms with Crippen molar-refractivity contribution in [2.45, 2.75) is 36.9 Å². The van der Waals surface area contributed by atoms with Crippen LogP contribution in [-0.4, -0.2) is 24.9 Å². The van der Waals surface area contributed by atoms with E-state index >= 15 is 0 Å². The molecule has 20 heavy (non-hydrogen) atoms. The SMILES string of the molecule is O=C1Nc2ccc(I)cc2C12CCC1(CC2)OCCO1. The fraction of sp³-hybridized carbons (Fsp3) is 0.533. The van der Waals surface area contributed by atoms with Gasteiger partial charge in [-0.1, -0.05) is 0 Å². The number of carbonyl (C=O) groups excluding carboxylic acids is 1. The Morgan fingerprint density at radius 2 is 1.80 bits per heavy atom. The van der Waals surface area contributed by atoms with Gasteiger partial charge in [-0.2, -0.15) is 0 Å². The van der Waals surface area contributed by atoms with Gasteiger partial charge in [-0.3, -0.25) is 4.79 Å². The Balaban J connectivity index is 1.69. The largest absolute Gasteiger partial charge is 0.348 e. The molecule has 4 nitrogen and oxygen atoms in total. The number of hydrogen-bond donors (Lipinski definition) is 1. The van der Waals surface area contributed by atoms with Crippen molar-refractivity contribution in [3.8, 4) is 0 Å². The predicted octanol–water partition coefficient (Wildman–Crippen LogP) is 2.80. The van der Waals surface area contributed by atoms with Gasteiger partial charge < -0.3 is 14.8 Å². The normalized spacial score (nSPS) is 25.9.